The lowest BCUT2D eigenvalue weighted by Crippen LogP contribution is -2.35. The number of carbonyl (C=O) groups is 1. The van der Waals surface area contributed by atoms with E-state index < -0.39 is 0 Å². The predicted molar refractivity (Wildman–Crippen MR) is 66.8 cm³/mol. The van der Waals surface area contributed by atoms with Crippen molar-refractivity contribution in [3.8, 4) is 0 Å². The molecule has 1 saturated heterocycles. The topological polar surface area (TPSA) is 69.8 Å². The van der Waals surface area contributed by atoms with Crippen molar-refractivity contribution in [2.75, 3.05) is 18.4 Å². The molecule has 1 aliphatic rings. The molecule has 0 spiro atoms. The summed E-state index contributed by atoms with van der Waals surface area (Å²) in [5.74, 6) is 0.684. The van der Waals surface area contributed by atoms with E-state index in [1.54, 1.807) is 0 Å². The van der Waals surface area contributed by atoms with Gasteiger partial charge in [-0.15, -0.1) is 0 Å². The van der Waals surface area contributed by atoms with Crippen LogP contribution in [0.5, 0.6) is 0 Å². The van der Waals surface area contributed by atoms with Gasteiger partial charge in [0.15, 0.2) is 5.82 Å². The van der Waals surface area contributed by atoms with Gasteiger partial charge < -0.3 is 10.6 Å². The molecule has 5 heteroatoms. The third-order valence-electron chi connectivity index (χ3n) is 3.31. The Morgan fingerprint density at radius 1 is 1.65 bits per heavy atom. The van der Waals surface area contributed by atoms with Gasteiger partial charge in [-0.1, -0.05) is 13.3 Å². The summed E-state index contributed by atoms with van der Waals surface area (Å²) in [6.07, 6.45) is 2.91. The number of aromatic nitrogens is 2. The van der Waals surface area contributed by atoms with Crippen LogP contribution in [0.15, 0.2) is 6.07 Å². The van der Waals surface area contributed by atoms with Gasteiger partial charge in [0, 0.05) is 18.3 Å². The van der Waals surface area contributed by atoms with Gasteiger partial charge in [0.05, 0.1) is 5.41 Å². The molecule has 2 heterocycles. The fourth-order valence-electron chi connectivity index (χ4n) is 2.10. The summed E-state index contributed by atoms with van der Waals surface area (Å²) in [7, 11) is 0. The standard InChI is InChI=1S/C12H20N4O/c1-3-4-9-7-10(16-15-9)14-11(17)12(2)5-6-13-8-12/h7,13H,3-6,8H2,1-2H3,(H2,14,15,16,17). The lowest BCUT2D eigenvalue weighted by Gasteiger charge is -2.20. The fraction of sp³-hybridized carbons (Fsp3) is 0.667. The average molecular weight is 236 g/mol. The molecule has 1 aromatic heterocycles. The van der Waals surface area contributed by atoms with E-state index in [-0.39, 0.29) is 11.3 Å². The highest BCUT2D eigenvalue weighted by Gasteiger charge is 2.36. The maximum Gasteiger partial charge on any atom is 0.232 e. The first-order valence-corrected chi connectivity index (χ1v) is 6.20. The van der Waals surface area contributed by atoms with E-state index >= 15 is 0 Å². The highest BCUT2D eigenvalue weighted by Crippen LogP contribution is 2.26. The minimum absolute atomic E-state index is 0.0528. The molecule has 0 radical (unpaired) electrons. The second-order valence-corrected chi connectivity index (χ2v) is 4.97. The van der Waals surface area contributed by atoms with Crippen molar-refractivity contribution in [3.05, 3.63) is 11.8 Å². The molecular weight excluding hydrogens is 216 g/mol. The number of amides is 1. The zero-order valence-corrected chi connectivity index (χ0v) is 10.5. The molecule has 1 amide bonds. The van der Waals surface area contributed by atoms with E-state index in [9.17, 15) is 4.79 Å². The van der Waals surface area contributed by atoms with Crippen LogP contribution in [0, 0.1) is 5.41 Å². The third-order valence-corrected chi connectivity index (χ3v) is 3.31. The number of aromatic amines is 1. The quantitative estimate of drug-likeness (QED) is 0.738. The summed E-state index contributed by atoms with van der Waals surface area (Å²) in [5, 5.41) is 13.1. The van der Waals surface area contributed by atoms with Crippen LogP contribution >= 0.6 is 0 Å². The van der Waals surface area contributed by atoms with Crippen LogP contribution in [0.25, 0.3) is 0 Å². The molecule has 1 atom stereocenters. The number of hydrogen-bond donors (Lipinski definition) is 3. The highest BCUT2D eigenvalue weighted by molar-refractivity contribution is 5.94. The van der Waals surface area contributed by atoms with E-state index in [2.05, 4.69) is 27.8 Å². The Hall–Kier alpha value is -1.36. The van der Waals surface area contributed by atoms with Crippen molar-refractivity contribution in [1.82, 2.24) is 15.5 Å². The van der Waals surface area contributed by atoms with Crippen LogP contribution in [0.1, 0.15) is 32.4 Å². The molecule has 1 fully saturated rings. The van der Waals surface area contributed by atoms with E-state index in [1.807, 2.05) is 13.0 Å². The Bertz CT molecular complexity index is 393. The SMILES string of the molecule is CCCc1cc(NC(=O)C2(C)CCNC2)n[nH]1. The minimum atomic E-state index is -0.302. The van der Waals surface area contributed by atoms with Crippen molar-refractivity contribution >= 4 is 11.7 Å². The maximum atomic E-state index is 12.1. The second kappa shape index (κ2) is 4.87. The zero-order valence-electron chi connectivity index (χ0n) is 10.5. The molecule has 0 bridgehead atoms. The van der Waals surface area contributed by atoms with Gasteiger partial charge in [-0.3, -0.25) is 9.89 Å². The Kier molecular flexibility index (Phi) is 3.47. The largest absolute Gasteiger partial charge is 0.316 e. The number of rotatable bonds is 4. The van der Waals surface area contributed by atoms with Crippen LogP contribution in [-0.2, 0) is 11.2 Å². The van der Waals surface area contributed by atoms with Gasteiger partial charge >= 0.3 is 0 Å². The Morgan fingerprint density at radius 2 is 2.47 bits per heavy atom. The monoisotopic (exact) mass is 236 g/mol. The number of nitrogens with one attached hydrogen (secondary N) is 3. The Morgan fingerprint density at radius 3 is 3.12 bits per heavy atom. The zero-order chi connectivity index (χ0) is 12.3. The summed E-state index contributed by atoms with van der Waals surface area (Å²) >= 11 is 0. The van der Waals surface area contributed by atoms with Crippen LogP contribution < -0.4 is 10.6 Å². The molecule has 1 unspecified atom stereocenters. The molecular formula is C12H20N4O. The molecule has 5 nitrogen and oxygen atoms in total. The predicted octanol–water partition coefficient (Wildman–Crippen LogP) is 1.30. The first-order chi connectivity index (χ1) is 8.14. The lowest BCUT2D eigenvalue weighted by atomic mass is 9.89. The van der Waals surface area contributed by atoms with Gasteiger partial charge in [-0.2, -0.15) is 5.10 Å². The van der Waals surface area contributed by atoms with Crippen LogP contribution in [0.3, 0.4) is 0 Å². The molecule has 94 valence electrons. The van der Waals surface area contributed by atoms with E-state index in [0.29, 0.717) is 5.82 Å². The van der Waals surface area contributed by atoms with Crippen molar-refractivity contribution in [2.45, 2.75) is 33.1 Å². The first-order valence-electron chi connectivity index (χ1n) is 6.20. The van der Waals surface area contributed by atoms with Crippen molar-refractivity contribution < 1.29 is 4.79 Å². The van der Waals surface area contributed by atoms with Gasteiger partial charge in [-0.05, 0) is 26.3 Å². The molecule has 0 aromatic carbocycles. The van der Waals surface area contributed by atoms with E-state index in [4.69, 9.17) is 0 Å². The smallest absolute Gasteiger partial charge is 0.232 e. The van der Waals surface area contributed by atoms with Gasteiger partial charge in [0.25, 0.3) is 0 Å². The number of hydrogen-bond acceptors (Lipinski definition) is 3. The Balaban J connectivity index is 1.97. The summed E-state index contributed by atoms with van der Waals surface area (Å²) in [4.78, 5) is 12.1. The molecule has 17 heavy (non-hydrogen) atoms. The number of carbonyl (C=O) groups excluding carboxylic acids is 1. The molecule has 1 aromatic rings. The molecule has 2 rings (SSSR count). The summed E-state index contributed by atoms with van der Waals surface area (Å²) in [6, 6.07) is 1.91. The van der Waals surface area contributed by atoms with Crippen LogP contribution in [0.4, 0.5) is 5.82 Å². The first kappa shape index (κ1) is 12.1. The van der Waals surface area contributed by atoms with Crippen LogP contribution in [0.2, 0.25) is 0 Å². The van der Waals surface area contributed by atoms with Crippen LogP contribution in [-0.4, -0.2) is 29.2 Å². The van der Waals surface area contributed by atoms with E-state index in [1.165, 1.54) is 0 Å². The fourth-order valence-corrected chi connectivity index (χ4v) is 2.10. The summed E-state index contributed by atoms with van der Waals surface area (Å²) < 4.78 is 0. The molecule has 1 aliphatic heterocycles. The molecule has 0 saturated carbocycles. The number of anilines is 1. The second-order valence-electron chi connectivity index (χ2n) is 4.97. The number of nitrogens with zero attached hydrogens (tertiary/aromatic N) is 1. The Labute approximate surface area is 101 Å². The summed E-state index contributed by atoms with van der Waals surface area (Å²) in [5.41, 5.74) is 0.765. The van der Waals surface area contributed by atoms with Gasteiger partial charge in [0.2, 0.25) is 5.91 Å². The van der Waals surface area contributed by atoms with Crippen molar-refractivity contribution in [1.29, 1.82) is 0 Å². The summed E-state index contributed by atoms with van der Waals surface area (Å²) in [6.45, 7) is 5.75. The van der Waals surface area contributed by atoms with Crippen molar-refractivity contribution in [3.63, 3.8) is 0 Å². The van der Waals surface area contributed by atoms with Gasteiger partial charge in [-0.25, -0.2) is 0 Å². The maximum absolute atomic E-state index is 12.1. The number of H-pyrrole nitrogens is 1. The normalized spacial score (nSPS) is 23.9. The third kappa shape index (κ3) is 2.66. The molecule has 3 N–H and O–H groups in total. The van der Waals surface area contributed by atoms with E-state index in [0.717, 1.165) is 38.0 Å². The van der Waals surface area contributed by atoms with Gasteiger partial charge in [0.1, 0.15) is 0 Å². The highest BCUT2D eigenvalue weighted by atomic mass is 16.2. The van der Waals surface area contributed by atoms with Crippen molar-refractivity contribution in [2.24, 2.45) is 5.41 Å². The molecule has 0 aliphatic carbocycles. The minimum Gasteiger partial charge on any atom is -0.316 e. The lowest BCUT2D eigenvalue weighted by molar-refractivity contribution is -0.123. The average Bonchev–Trinajstić information content (AvgIpc) is 2.90. The number of aryl methyl sites for hydroxylation is 1.